The van der Waals surface area contributed by atoms with Crippen LogP contribution in [0.2, 0.25) is 0 Å². The molecule has 1 aliphatic heterocycles. The standard InChI is InChI=1S/C13H21NO3/c1-9(2)17-13(16)11-4-3-7-14(8-11)12(15)10-5-6-10/h9-11H,3-8H2,1-2H3. The second kappa shape index (κ2) is 5.07. The van der Waals surface area contributed by atoms with Crippen molar-refractivity contribution in [3.8, 4) is 0 Å². The molecule has 1 atom stereocenters. The molecule has 1 saturated heterocycles. The molecule has 1 unspecified atom stereocenters. The number of esters is 1. The lowest BCUT2D eigenvalue weighted by atomic mass is 9.98. The molecule has 0 aromatic heterocycles. The molecular weight excluding hydrogens is 218 g/mol. The molecule has 1 saturated carbocycles. The highest BCUT2D eigenvalue weighted by Gasteiger charge is 2.37. The Morgan fingerprint density at radius 2 is 1.88 bits per heavy atom. The van der Waals surface area contributed by atoms with Crippen molar-refractivity contribution in [2.75, 3.05) is 13.1 Å². The number of carbonyl (C=O) groups is 2. The number of ether oxygens (including phenoxy) is 1. The zero-order valence-electron chi connectivity index (χ0n) is 10.6. The predicted molar refractivity (Wildman–Crippen MR) is 63.3 cm³/mol. The minimum absolute atomic E-state index is 0.0722. The van der Waals surface area contributed by atoms with Gasteiger partial charge in [0.1, 0.15) is 0 Å². The zero-order chi connectivity index (χ0) is 12.4. The van der Waals surface area contributed by atoms with Gasteiger partial charge in [-0.15, -0.1) is 0 Å². The molecule has 0 spiro atoms. The predicted octanol–water partition coefficient (Wildman–Crippen LogP) is 1.59. The molecule has 4 heteroatoms. The van der Waals surface area contributed by atoms with Crippen LogP contribution in [0.5, 0.6) is 0 Å². The van der Waals surface area contributed by atoms with Crippen molar-refractivity contribution in [1.29, 1.82) is 0 Å². The first-order valence-electron chi connectivity index (χ1n) is 6.57. The molecule has 0 aromatic carbocycles. The lowest BCUT2D eigenvalue weighted by molar-refractivity contribution is -0.155. The second-order valence-electron chi connectivity index (χ2n) is 5.38. The summed E-state index contributed by atoms with van der Waals surface area (Å²) in [5.74, 6) is 0.226. The summed E-state index contributed by atoms with van der Waals surface area (Å²) in [5.41, 5.74) is 0. The molecule has 1 aliphatic carbocycles. The van der Waals surface area contributed by atoms with Crippen LogP contribution in [0, 0.1) is 11.8 Å². The van der Waals surface area contributed by atoms with Gasteiger partial charge < -0.3 is 9.64 Å². The molecular formula is C13H21NO3. The van der Waals surface area contributed by atoms with E-state index in [4.69, 9.17) is 4.74 Å². The normalized spacial score (nSPS) is 24.9. The Bertz CT molecular complexity index is 310. The summed E-state index contributed by atoms with van der Waals surface area (Å²) in [6, 6.07) is 0. The molecule has 2 fully saturated rings. The molecule has 96 valence electrons. The maximum Gasteiger partial charge on any atom is 0.310 e. The summed E-state index contributed by atoms with van der Waals surface area (Å²) in [6.45, 7) is 5.07. The highest BCUT2D eigenvalue weighted by Crippen LogP contribution is 2.32. The van der Waals surface area contributed by atoms with E-state index in [0.717, 1.165) is 32.2 Å². The summed E-state index contributed by atoms with van der Waals surface area (Å²) in [6.07, 6.45) is 3.74. The third-order valence-electron chi connectivity index (χ3n) is 3.34. The summed E-state index contributed by atoms with van der Waals surface area (Å²) in [4.78, 5) is 25.6. The smallest absolute Gasteiger partial charge is 0.310 e. The van der Waals surface area contributed by atoms with E-state index in [1.165, 1.54) is 0 Å². The molecule has 0 bridgehead atoms. The SMILES string of the molecule is CC(C)OC(=O)C1CCCN(C(=O)C2CC2)C1. The fourth-order valence-corrected chi connectivity index (χ4v) is 2.29. The monoisotopic (exact) mass is 239 g/mol. The van der Waals surface area contributed by atoms with E-state index in [2.05, 4.69) is 0 Å². The molecule has 2 aliphatic rings. The van der Waals surface area contributed by atoms with E-state index in [9.17, 15) is 9.59 Å². The van der Waals surface area contributed by atoms with Crippen molar-refractivity contribution in [1.82, 2.24) is 4.90 Å². The van der Waals surface area contributed by atoms with Crippen LogP contribution in [0.3, 0.4) is 0 Å². The van der Waals surface area contributed by atoms with E-state index in [0.29, 0.717) is 6.54 Å². The molecule has 0 N–H and O–H groups in total. The van der Waals surface area contributed by atoms with E-state index in [-0.39, 0.29) is 29.8 Å². The van der Waals surface area contributed by atoms with Gasteiger partial charge in [0.05, 0.1) is 12.0 Å². The Morgan fingerprint density at radius 1 is 1.18 bits per heavy atom. The van der Waals surface area contributed by atoms with E-state index in [1.807, 2.05) is 18.7 Å². The van der Waals surface area contributed by atoms with Crippen molar-refractivity contribution in [3.63, 3.8) is 0 Å². The first-order valence-corrected chi connectivity index (χ1v) is 6.57. The van der Waals surface area contributed by atoms with Gasteiger partial charge in [-0.3, -0.25) is 9.59 Å². The molecule has 1 amide bonds. The largest absolute Gasteiger partial charge is 0.463 e. The van der Waals surface area contributed by atoms with Crippen molar-refractivity contribution >= 4 is 11.9 Å². The number of amides is 1. The van der Waals surface area contributed by atoms with Crippen LogP contribution < -0.4 is 0 Å². The number of piperidine rings is 1. The zero-order valence-corrected chi connectivity index (χ0v) is 10.6. The lowest BCUT2D eigenvalue weighted by Crippen LogP contribution is -2.43. The van der Waals surface area contributed by atoms with E-state index in [1.54, 1.807) is 0 Å². The summed E-state index contributed by atoms with van der Waals surface area (Å²) < 4.78 is 5.22. The summed E-state index contributed by atoms with van der Waals surface area (Å²) >= 11 is 0. The van der Waals surface area contributed by atoms with Crippen molar-refractivity contribution in [2.24, 2.45) is 11.8 Å². The maximum absolute atomic E-state index is 11.9. The maximum atomic E-state index is 11.9. The number of hydrogen-bond acceptors (Lipinski definition) is 3. The van der Waals surface area contributed by atoms with Gasteiger partial charge in [0.2, 0.25) is 5.91 Å². The van der Waals surface area contributed by atoms with E-state index >= 15 is 0 Å². The van der Waals surface area contributed by atoms with Gasteiger partial charge in [0.25, 0.3) is 0 Å². The van der Waals surface area contributed by atoms with Crippen molar-refractivity contribution in [3.05, 3.63) is 0 Å². The van der Waals surface area contributed by atoms with Crippen LogP contribution in [0.15, 0.2) is 0 Å². The van der Waals surface area contributed by atoms with Gasteiger partial charge in [-0.05, 0) is 39.5 Å². The molecule has 1 heterocycles. The number of rotatable bonds is 3. The fraction of sp³-hybridized carbons (Fsp3) is 0.846. The minimum atomic E-state index is -0.145. The average molecular weight is 239 g/mol. The molecule has 4 nitrogen and oxygen atoms in total. The first kappa shape index (κ1) is 12.4. The van der Waals surface area contributed by atoms with Crippen LogP contribution in [0.25, 0.3) is 0 Å². The third kappa shape index (κ3) is 3.20. The molecule has 0 aromatic rings. The lowest BCUT2D eigenvalue weighted by Gasteiger charge is -2.32. The average Bonchev–Trinajstić information content (AvgIpc) is 3.11. The second-order valence-corrected chi connectivity index (χ2v) is 5.38. The van der Waals surface area contributed by atoms with Crippen LogP contribution in [0.4, 0.5) is 0 Å². The number of hydrogen-bond donors (Lipinski definition) is 0. The Hall–Kier alpha value is -1.06. The fourth-order valence-electron chi connectivity index (χ4n) is 2.29. The Morgan fingerprint density at radius 3 is 2.47 bits per heavy atom. The van der Waals surface area contributed by atoms with Gasteiger partial charge in [-0.2, -0.15) is 0 Å². The minimum Gasteiger partial charge on any atom is -0.463 e. The van der Waals surface area contributed by atoms with Gasteiger partial charge in [-0.1, -0.05) is 0 Å². The summed E-state index contributed by atoms with van der Waals surface area (Å²) in [5, 5.41) is 0. The Labute approximate surface area is 102 Å². The quantitative estimate of drug-likeness (QED) is 0.703. The third-order valence-corrected chi connectivity index (χ3v) is 3.34. The first-order chi connectivity index (χ1) is 8.08. The Kier molecular flexibility index (Phi) is 3.69. The molecule has 2 rings (SSSR count). The van der Waals surface area contributed by atoms with Crippen LogP contribution >= 0.6 is 0 Å². The van der Waals surface area contributed by atoms with E-state index < -0.39 is 0 Å². The molecule has 0 radical (unpaired) electrons. The number of carbonyl (C=O) groups excluding carboxylic acids is 2. The van der Waals surface area contributed by atoms with Gasteiger partial charge in [-0.25, -0.2) is 0 Å². The van der Waals surface area contributed by atoms with Crippen LogP contribution in [-0.2, 0) is 14.3 Å². The van der Waals surface area contributed by atoms with Crippen LogP contribution in [0.1, 0.15) is 39.5 Å². The van der Waals surface area contributed by atoms with Crippen LogP contribution in [-0.4, -0.2) is 36.0 Å². The van der Waals surface area contributed by atoms with Crippen molar-refractivity contribution < 1.29 is 14.3 Å². The highest BCUT2D eigenvalue weighted by atomic mass is 16.5. The number of nitrogens with zero attached hydrogens (tertiary/aromatic N) is 1. The summed E-state index contributed by atoms with van der Waals surface area (Å²) in [7, 11) is 0. The van der Waals surface area contributed by atoms with Gasteiger partial charge in [0, 0.05) is 19.0 Å². The highest BCUT2D eigenvalue weighted by molar-refractivity contribution is 5.82. The van der Waals surface area contributed by atoms with Crippen molar-refractivity contribution in [2.45, 2.75) is 45.6 Å². The van der Waals surface area contributed by atoms with Gasteiger partial charge in [0.15, 0.2) is 0 Å². The molecule has 17 heavy (non-hydrogen) atoms. The topological polar surface area (TPSA) is 46.6 Å². The van der Waals surface area contributed by atoms with Gasteiger partial charge >= 0.3 is 5.97 Å². The Balaban J connectivity index is 1.87. The number of likely N-dealkylation sites (tertiary alicyclic amines) is 1.